The van der Waals surface area contributed by atoms with E-state index in [0.29, 0.717) is 6.61 Å². The van der Waals surface area contributed by atoms with Crippen LogP contribution in [0.5, 0.6) is 5.75 Å². The first-order valence-electron chi connectivity index (χ1n) is 6.78. The van der Waals surface area contributed by atoms with E-state index in [2.05, 4.69) is 5.32 Å². The quantitative estimate of drug-likeness (QED) is 0.779. The van der Waals surface area contributed by atoms with Gasteiger partial charge in [-0.1, -0.05) is 18.2 Å². The maximum Gasteiger partial charge on any atom is 0.124 e. The van der Waals surface area contributed by atoms with E-state index in [0.717, 1.165) is 23.8 Å². The zero-order valence-electron chi connectivity index (χ0n) is 11.3. The Morgan fingerprint density at radius 2 is 2.11 bits per heavy atom. The maximum absolute atomic E-state index is 9.75. The molecule has 1 aromatic rings. The molecule has 1 unspecified atom stereocenters. The van der Waals surface area contributed by atoms with Gasteiger partial charge in [0.2, 0.25) is 0 Å². The standard InChI is InChI=1S/C15H23NO2/c1-3-18-14-7-5-4-6-13(14)15(2,11-17)16-10-12-8-9-12/h4-7,12,16-17H,3,8-11H2,1-2H3. The van der Waals surface area contributed by atoms with Crippen LogP contribution in [0.15, 0.2) is 24.3 Å². The number of hydrogen-bond acceptors (Lipinski definition) is 3. The summed E-state index contributed by atoms with van der Waals surface area (Å²) >= 11 is 0. The number of aliphatic hydroxyl groups is 1. The van der Waals surface area contributed by atoms with Crippen molar-refractivity contribution in [2.45, 2.75) is 32.2 Å². The van der Waals surface area contributed by atoms with Crippen LogP contribution in [-0.4, -0.2) is 24.9 Å². The highest BCUT2D eigenvalue weighted by Gasteiger charge is 2.31. The number of aliphatic hydroxyl groups excluding tert-OH is 1. The number of para-hydroxylation sites is 1. The van der Waals surface area contributed by atoms with Crippen LogP contribution in [0.2, 0.25) is 0 Å². The molecule has 0 saturated heterocycles. The minimum absolute atomic E-state index is 0.0732. The summed E-state index contributed by atoms with van der Waals surface area (Å²) in [6, 6.07) is 7.95. The highest BCUT2D eigenvalue weighted by molar-refractivity contribution is 5.39. The van der Waals surface area contributed by atoms with Gasteiger partial charge in [-0.15, -0.1) is 0 Å². The normalized spacial score (nSPS) is 18.4. The van der Waals surface area contributed by atoms with E-state index in [1.165, 1.54) is 12.8 Å². The summed E-state index contributed by atoms with van der Waals surface area (Å²) in [7, 11) is 0. The first-order valence-corrected chi connectivity index (χ1v) is 6.78. The second kappa shape index (κ2) is 5.72. The molecule has 0 spiro atoms. The first kappa shape index (κ1) is 13.4. The third-order valence-electron chi connectivity index (χ3n) is 3.58. The van der Waals surface area contributed by atoms with Crippen LogP contribution in [0.3, 0.4) is 0 Å². The van der Waals surface area contributed by atoms with E-state index in [4.69, 9.17) is 4.74 Å². The average molecular weight is 249 g/mol. The molecule has 2 rings (SSSR count). The SMILES string of the molecule is CCOc1ccccc1C(C)(CO)NCC1CC1. The van der Waals surface area contributed by atoms with Gasteiger partial charge in [-0.25, -0.2) is 0 Å². The lowest BCUT2D eigenvalue weighted by Crippen LogP contribution is -2.44. The Hall–Kier alpha value is -1.06. The third kappa shape index (κ3) is 3.03. The van der Waals surface area contributed by atoms with E-state index in [1.54, 1.807) is 0 Å². The summed E-state index contributed by atoms with van der Waals surface area (Å²) in [6.45, 7) is 5.69. The Kier molecular flexibility index (Phi) is 4.25. The summed E-state index contributed by atoms with van der Waals surface area (Å²) in [6.07, 6.45) is 2.61. The monoisotopic (exact) mass is 249 g/mol. The van der Waals surface area contributed by atoms with Crippen LogP contribution in [0.1, 0.15) is 32.3 Å². The van der Waals surface area contributed by atoms with Crippen molar-refractivity contribution in [1.29, 1.82) is 0 Å². The molecule has 0 bridgehead atoms. The van der Waals surface area contributed by atoms with Crippen molar-refractivity contribution in [2.24, 2.45) is 5.92 Å². The topological polar surface area (TPSA) is 41.5 Å². The minimum atomic E-state index is -0.422. The van der Waals surface area contributed by atoms with Crippen molar-refractivity contribution in [2.75, 3.05) is 19.8 Å². The molecule has 0 amide bonds. The predicted molar refractivity (Wildman–Crippen MR) is 72.8 cm³/mol. The largest absolute Gasteiger partial charge is 0.494 e. The van der Waals surface area contributed by atoms with E-state index in [9.17, 15) is 5.11 Å². The average Bonchev–Trinajstić information content (AvgIpc) is 3.21. The highest BCUT2D eigenvalue weighted by Crippen LogP contribution is 2.33. The molecule has 0 aromatic heterocycles. The van der Waals surface area contributed by atoms with Gasteiger partial charge >= 0.3 is 0 Å². The van der Waals surface area contributed by atoms with Gasteiger partial charge in [0.25, 0.3) is 0 Å². The Morgan fingerprint density at radius 3 is 2.72 bits per heavy atom. The van der Waals surface area contributed by atoms with Crippen molar-refractivity contribution in [3.8, 4) is 5.75 Å². The maximum atomic E-state index is 9.75. The summed E-state index contributed by atoms with van der Waals surface area (Å²) in [5.41, 5.74) is 0.615. The number of hydrogen-bond donors (Lipinski definition) is 2. The molecule has 1 saturated carbocycles. The fraction of sp³-hybridized carbons (Fsp3) is 0.600. The van der Waals surface area contributed by atoms with Gasteiger partial charge in [0.1, 0.15) is 5.75 Å². The number of benzene rings is 1. The molecule has 0 heterocycles. The molecule has 1 fully saturated rings. The predicted octanol–water partition coefficient (Wildman–Crippen LogP) is 2.29. The number of rotatable bonds is 7. The molecule has 3 nitrogen and oxygen atoms in total. The van der Waals surface area contributed by atoms with Crippen molar-refractivity contribution in [1.82, 2.24) is 5.32 Å². The van der Waals surface area contributed by atoms with Gasteiger partial charge in [-0.3, -0.25) is 0 Å². The van der Waals surface area contributed by atoms with Gasteiger partial charge in [-0.2, -0.15) is 0 Å². The lowest BCUT2D eigenvalue weighted by molar-refractivity contribution is 0.169. The molecule has 2 N–H and O–H groups in total. The van der Waals surface area contributed by atoms with Crippen LogP contribution in [0.25, 0.3) is 0 Å². The van der Waals surface area contributed by atoms with E-state index in [-0.39, 0.29) is 6.61 Å². The Bertz CT molecular complexity index is 390. The van der Waals surface area contributed by atoms with Crippen LogP contribution in [0, 0.1) is 5.92 Å². The molecule has 18 heavy (non-hydrogen) atoms. The van der Waals surface area contributed by atoms with Crippen LogP contribution in [-0.2, 0) is 5.54 Å². The molecule has 100 valence electrons. The molecule has 1 aromatic carbocycles. The zero-order valence-corrected chi connectivity index (χ0v) is 11.3. The van der Waals surface area contributed by atoms with Crippen molar-refractivity contribution < 1.29 is 9.84 Å². The smallest absolute Gasteiger partial charge is 0.124 e. The lowest BCUT2D eigenvalue weighted by Gasteiger charge is -2.31. The van der Waals surface area contributed by atoms with E-state index < -0.39 is 5.54 Å². The van der Waals surface area contributed by atoms with E-state index in [1.807, 2.05) is 38.1 Å². The third-order valence-corrected chi connectivity index (χ3v) is 3.58. The molecule has 3 heteroatoms. The van der Waals surface area contributed by atoms with Crippen LogP contribution in [0.4, 0.5) is 0 Å². The summed E-state index contributed by atoms with van der Waals surface area (Å²) in [5, 5.41) is 13.2. The molecule has 0 radical (unpaired) electrons. The summed E-state index contributed by atoms with van der Waals surface area (Å²) in [5.74, 6) is 1.65. The van der Waals surface area contributed by atoms with Gasteiger partial charge < -0.3 is 15.2 Å². The Labute approximate surface area is 109 Å². The fourth-order valence-electron chi connectivity index (χ4n) is 2.13. The molecular formula is C15H23NO2. The van der Waals surface area contributed by atoms with Gasteiger partial charge in [0.05, 0.1) is 18.8 Å². The number of nitrogens with one attached hydrogen (secondary N) is 1. The fourth-order valence-corrected chi connectivity index (χ4v) is 2.13. The van der Waals surface area contributed by atoms with Gasteiger partial charge in [-0.05, 0) is 45.2 Å². The first-order chi connectivity index (χ1) is 8.69. The van der Waals surface area contributed by atoms with Crippen molar-refractivity contribution >= 4 is 0 Å². The van der Waals surface area contributed by atoms with Crippen molar-refractivity contribution in [3.05, 3.63) is 29.8 Å². The van der Waals surface area contributed by atoms with E-state index >= 15 is 0 Å². The van der Waals surface area contributed by atoms with Crippen LogP contribution >= 0.6 is 0 Å². The Morgan fingerprint density at radius 1 is 1.39 bits per heavy atom. The molecule has 1 aliphatic rings. The lowest BCUT2D eigenvalue weighted by atomic mass is 9.91. The molecule has 1 atom stereocenters. The summed E-state index contributed by atoms with van der Waals surface area (Å²) in [4.78, 5) is 0. The number of ether oxygens (including phenoxy) is 1. The highest BCUT2D eigenvalue weighted by atomic mass is 16.5. The van der Waals surface area contributed by atoms with Gasteiger partial charge in [0.15, 0.2) is 0 Å². The molecule has 1 aliphatic carbocycles. The van der Waals surface area contributed by atoms with Gasteiger partial charge in [0, 0.05) is 5.56 Å². The summed E-state index contributed by atoms with van der Waals surface area (Å²) < 4.78 is 5.66. The van der Waals surface area contributed by atoms with Crippen molar-refractivity contribution in [3.63, 3.8) is 0 Å². The Balaban J connectivity index is 2.18. The van der Waals surface area contributed by atoms with Crippen LogP contribution < -0.4 is 10.1 Å². The molecule has 0 aliphatic heterocycles. The minimum Gasteiger partial charge on any atom is -0.494 e. The second-order valence-corrected chi connectivity index (χ2v) is 5.24. The second-order valence-electron chi connectivity index (χ2n) is 5.24. The zero-order chi connectivity index (χ0) is 13.0. The molecular weight excluding hydrogens is 226 g/mol.